The fraction of sp³-hybridized carbons (Fsp3) is 0.208. The molecule has 4 rings (SSSR count). The van der Waals surface area contributed by atoms with E-state index in [9.17, 15) is 18.4 Å². The van der Waals surface area contributed by atoms with Crippen molar-refractivity contribution in [2.75, 3.05) is 18.5 Å². The number of benzene rings is 2. The topological polar surface area (TPSA) is 67.2 Å². The number of nitrogens with zero attached hydrogens (tertiary/aromatic N) is 3. The first-order valence-corrected chi connectivity index (χ1v) is 10.1. The number of nitrogens with one attached hydrogen (secondary N) is 1. The maximum atomic E-state index is 13.8. The molecule has 0 saturated heterocycles. The lowest BCUT2D eigenvalue weighted by Crippen LogP contribution is -2.40. The van der Waals surface area contributed by atoms with Crippen molar-refractivity contribution in [1.29, 1.82) is 0 Å². The van der Waals surface area contributed by atoms with Crippen LogP contribution in [0.3, 0.4) is 0 Å². The highest BCUT2D eigenvalue weighted by Crippen LogP contribution is 2.30. The standard InChI is InChI=1S/C24H20F2N4O2/c1-3-15-6-4-7-16(12-15)29(14-22(31)27-2)24(32)23-18-8-5-9-21(18)30(28-23)17-10-11-19(25)20(26)13-17/h1,4,6-7,10-13H,5,8-9,14H2,2H3,(H,27,31). The molecule has 3 aromatic rings. The maximum Gasteiger partial charge on any atom is 0.279 e. The minimum absolute atomic E-state index is 0.178. The number of aromatic nitrogens is 2. The van der Waals surface area contributed by atoms with E-state index >= 15 is 0 Å². The van der Waals surface area contributed by atoms with Gasteiger partial charge in [0.2, 0.25) is 5.91 Å². The number of carbonyl (C=O) groups excluding carboxylic acids is 2. The predicted octanol–water partition coefficient (Wildman–Crippen LogP) is 3.01. The van der Waals surface area contributed by atoms with Gasteiger partial charge < -0.3 is 5.32 Å². The lowest BCUT2D eigenvalue weighted by Gasteiger charge is -2.22. The first kappa shape index (κ1) is 21.2. The molecular formula is C24H20F2N4O2. The summed E-state index contributed by atoms with van der Waals surface area (Å²) in [7, 11) is 1.48. The SMILES string of the molecule is C#Cc1cccc(N(CC(=O)NC)C(=O)c2nn(-c3ccc(F)c(F)c3)c3c2CCC3)c1. The summed E-state index contributed by atoms with van der Waals surface area (Å²) >= 11 is 0. The summed E-state index contributed by atoms with van der Waals surface area (Å²) in [5.41, 5.74) is 3.05. The van der Waals surface area contributed by atoms with Crippen molar-refractivity contribution in [2.24, 2.45) is 0 Å². The second kappa shape index (κ2) is 8.63. The molecule has 2 amide bonds. The Kier molecular flexibility index (Phi) is 5.73. The molecule has 1 aliphatic carbocycles. The molecular weight excluding hydrogens is 414 g/mol. The van der Waals surface area contributed by atoms with Crippen LogP contribution in [-0.2, 0) is 17.6 Å². The molecule has 0 bridgehead atoms. The molecule has 2 aromatic carbocycles. The van der Waals surface area contributed by atoms with Gasteiger partial charge in [-0.15, -0.1) is 6.42 Å². The number of fused-ring (bicyclic) bond motifs is 1. The zero-order valence-electron chi connectivity index (χ0n) is 17.4. The summed E-state index contributed by atoms with van der Waals surface area (Å²) in [5.74, 6) is -0.264. The molecule has 32 heavy (non-hydrogen) atoms. The summed E-state index contributed by atoms with van der Waals surface area (Å²) in [6.07, 6.45) is 7.57. The van der Waals surface area contributed by atoms with Crippen molar-refractivity contribution in [3.05, 3.63) is 76.6 Å². The number of terminal acetylenes is 1. The third kappa shape index (κ3) is 3.85. The van der Waals surface area contributed by atoms with Gasteiger partial charge in [0, 0.05) is 35.6 Å². The van der Waals surface area contributed by atoms with Crippen molar-refractivity contribution in [2.45, 2.75) is 19.3 Å². The van der Waals surface area contributed by atoms with Gasteiger partial charge in [-0.2, -0.15) is 5.10 Å². The van der Waals surface area contributed by atoms with E-state index in [-0.39, 0.29) is 18.1 Å². The molecule has 0 atom stereocenters. The smallest absolute Gasteiger partial charge is 0.279 e. The van der Waals surface area contributed by atoms with Gasteiger partial charge in [-0.1, -0.05) is 12.0 Å². The Morgan fingerprint density at radius 2 is 2.00 bits per heavy atom. The Morgan fingerprint density at radius 1 is 1.19 bits per heavy atom. The predicted molar refractivity (Wildman–Crippen MR) is 116 cm³/mol. The van der Waals surface area contributed by atoms with Gasteiger partial charge in [0.25, 0.3) is 5.91 Å². The van der Waals surface area contributed by atoms with E-state index in [0.29, 0.717) is 29.8 Å². The van der Waals surface area contributed by atoms with Crippen LogP contribution in [0.4, 0.5) is 14.5 Å². The number of rotatable bonds is 5. The number of likely N-dealkylation sites (N-methyl/N-ethyl adjacent to an activating group) is 1. The average Bonchev–Trinajstić information content (AvgIpc) is 3.42. The molecule has 1 heterocycles. The quantitative estimate of drug-likeness (QED) is 0.628. The van der Waals surface area contributed by atoms with Gasteiger partial charge in [-0.05, 0) is 49.6 Å². The van der Waals surface area contributed by atoms with Gasteiger partial charge >= 0.3 is 0 Å². The highest BCUT2D eigenvalue weighted by Gasteiger charge is 2.31. The molecule has 8 heteroatoms. The van der Waals surface area contributed by atoms with Crippen molar-refractivity contribution in [3.63, 3.8) is 0 Å². The van der Waals surface area contributed by atoms with E-state index < -0.39 is 17.5 Å². The maximum absolute atomic E-state index is 13.8. The van der Waals surface area contributed by atoms with E-state index in [4.69, 9.17) is 6.42 Å². The average molecular weight is 434 g/mol. The molecule has 1 aromatic heterocycles. The Morgan fingerprint density at radius 3 is 2.72 bits per heavy atom. The van der Waals surface area contributed by atoms with Crippen LogP contribution in [0, 0.1) is 24.0 Å². The number of halogens is 2. The molecule has 0 spiro atoms. The lowest BCUT2D eigenvalue weighted by atomic mass is 10.1. The highest BCUT2D eigenvalue weighted by atomic mass is 19.2. The summed E-state index contributed by atoms with van der Waals surface area (Å²) in [5, 5.41) is 6.98. The van der Waals surface area contributed by atoms with Gasteiger partial charge in [0.1, 0.15) is 6.54 Å². The fourth-order valence-corrected chi connectivity index (χ4v) is 3.83. The number of anilines is 1. The van der Waals surface area contributed by atoms with Crippen LogP contribution >= 0.6 is 0 Å². The van der Waals surface area contributed by atoms with E-state index in [0.717, 1.165) is 29.8 Å². The zero-order chi connectivity index (χ0) is 22.8. The van der Waals surface area contributed by atoms with Crippen LogP contribution in [0.1, 0.15) is 33.7 Å². The Balaban J connectivity index is 1.80. The third-order valence-corrected chi connectivity index (χ3v) is 5.43. The Labute approximate surface area is 183 Å². The molecule has 0 unspecified atom stereocenters. The molecule has 0 aliphatic heterocycles. The van der Waals surface area contributed by atoms with Crippen molar-refractivity contribution in [3.8, 4) is 18.0 Å². The number of hydrogen-bond donors (Lipinski definition) is 1. The zero-order valence-corrected chi connectivity index (χ0v) is 17.4. The highest BCUT2D eigenvalue weighted by molar-refractivity contribution is 6.08. The van der Waals surface area contributed by atoms with Gasteiger partial charge in [-0.25, -0.2) is 13.5 Å². The van der Waals surface area contributed by atoms with Gasteiger partial charge in [-0.3, -0.25) is 14.5 Å². The minimum atomic E-state index is -0.995. The van der Waals surface area contributed by atoms with Crippen molar-refractivity contribution >= 4 is 17.5 Å². The second-order valence-corrected chi connectivity index (χ2v) is 7.40. The summed E-state index contributed by atoms with van der Waals surface area (Å²) in [4.78, 5) is 27.1. The van der Waals surface area contributed by atoms with Gasteiger partial charge in [0.15, 0.2) is 17.3 Å². The second-order valence-electron chi connectivity index (χ2n) is 7.40. The van der Waals surface area contributed by atoms with Crippen LogP contribution in [0.15, 0.2) is 42.5 Å². The summed E-state index contributed by atoms with van der Waals surface area (Å²) in [6, 6.07) is 10.3. The van der Waals surface area contributed by atoms with E-state index in [2.05, 4.69) is 16.3 Å². The third-order valence-electron chi connectivity index (χ3n) is 5.43. The minimum Gasteiger partial charge on any atom is -0.358 e. The molecule has 0 fully saturated rings. The Hall–Kier alpha value is -3.99. The number of amides is 2. The first-order chi connectivity index (χ1) is 15.4. The van der Waals surface area contributed by atoms with E-state index in [1.54, 1.807) is 24.3 Å². The fourth-order valence-electron chi connectivity index (χ4n) is 3.83. The van der Waals surface area contributed by atoms with Crippen LogP contribution in [0.5, 0.6) is 0 Å². The first-order valence-electron chi connectivity index (χ1n) is 10.1. The van der Waals surface area contributed by atoms with Crippen LogP contribution in [0.25, 0.3) is 5.69 Å². The monoisotopic (exact) mass is 434 g/mol. The van der Waals surface area contributed by atoms with Crippen LogP contribution in [0.2, 0.25) is 0 Å². The number of carbonyl (C=O) groups is 2. The van der Waals surface area contributed by atoms with E-state index in [1.165, 1.54) is 22.7 Å². The van der Waals surface area contributed by atoms with E-state index in [1.807, 2.05) is 0 Å². The van der Waals surface area contributed by atoms with Crippen LogP contribution < -0.4 is 10.2 Å². The van der Waals surface area contributed by atoms with Crippen molar-refractivity contribution < 1.29 is 18.4 Å². The molecule has 1 aliphatic rings. The Bertz CT molecular complexity index is 1260. The van der Waals surface area contributed by atoms with Crippen molar-refractivity contribution in [1.82, 2.24) is 15.1 Å². The summed E-state index contributed by atoms with van der Waals surface area (Å²) in [6.45, 7) is -0.226. The molecule has 1 N–H and O–H groups in total. The molecule has 0 saturated carbocycles. The molecule has 162 valence electrons. The normalized spacial score (nSPS) is 12.2. The molecule has 6 nitrogen and oxygen atoms in total. The van der Waals surface area contributed by atoms with Gasteiger partial charge in [0.05, 0.1) is 5.69 Å². The van der Waals surface area contributed by atoms with Crippen LogP contribution in [-0.4, -0.2) is 35.2 Å². The number of hydrogen-bond acceptors (Lipinski definition) is 3. The molecule has 0 radical (unpaired) electrons. The lowest BCUT2D eigenvalue weighted by molar-refractivity contribution is -0.119. The largest absolute Gasteiger partial charge is 0.358 e. The summed E-state index contributed by atoms with van der Waals surface area (Å²) < 4.78 is 28.7.